The molecule has 1 fully saturated rings. The van der Waals surface area contributed by atoms with Crippen LogP contribution in [-0.4, -0.2) is 6.61 Å². The molecule has 0 amide bonds. The maximum atomic E-state index is 5.78. The number of hydrogen-bond donors (Lipinski definition) is 1. The molecule has 0 unspecified atom stereocenters. The molecule has 19 heavy (non-hydrogen) atoms. The molecule has 0 spiro atoms. The molecule has 0 atom stereocenters. The molecule has 0 N–H and O–H groups in total. The molecule has 0 heterocycles. The molecule has 3 heteroatoms. The lowest BCUT2D eigenvalue weighted by Gasteiger charge is -2.09. The zero-order chi connectivity index (χ0) is 13.1. The Bertz CT molecular complexity index is 547. The molecule has 3 rings (SSSR count). The van der Waals surface area contributed by atoms with Crippen LogP contribution in [0.25, 0.3) is 0 Å². The van der Waals surface area contributed by atoms with E-state index in [9.17, 15) is 0 Å². The van der Waals surface area contributed by atoms with Crippen molar-refractivity contribution in [3.63, 3.8) is 0 Å². The van der Waals surface area contributed by atoms with Gasteiger partial charge in [0.15, 0.2) is 0 Å². The van der Waals surface area contributed by atoms with Crippen LogP contribution < -0.4 is 9.47 Å². The molecule has 0 radical (unpaired) electrons. The minimum Gasteiger partial charge on any atom is -0.493 e. The van der Waals surface area contributed by atoms with E-state index in [0.29, 0.717) is 0 Å². The second-order valence-electron chi connectivity index (χ2n) is 4.83. The van der Waals surface area contributed by atoms with Crippen molar-refractivity contribution in [3.8, 4) is 17.2 Å². The number of benzene rings is 2. The van der Waals surface area contributed by atoms with Gasteiger partial charge in [0.05, 0.1) is 6.61 Å². The summed E-state index contributed by atoms with van der Waals surface area (Å²) >= 11 is 4.25. The maximum Gasteiger partial charge on any atom is 0.131 e. The van der Waals surface area contributed by atoms with Crippen LogP contribution in [0, 0.1) is 5.92 Å². The van der Waals surface area contributed by atoms with Crippen molar-refractivity contribution < 1.29 is 9.47 Å². The lowest BCUT2D eigenvalue weighted by atomic mass is 10.3. The van der Waals surface area contributed by atoms with Crippen molar-refractivity contribution in [2.75, 3.05) is 6.61 Å². The summed E-state index contributed by atoms with van der Waals surface area (Å²) < 4.78 is 11.5. The highest BCUT2D eigenvalue weighted by Crippen LogP contribution is 2.31. The van der Waals surface area contributed by atoms with Crippen molar-refractivity contribution in [1.82, 2.24) is 0 Å². The van der Waals surface area contributed by atoms with Gasteiger partial charge < -0.3 is 9.47 Å². The second-order valence-corrected chi connectivity index (χ2v) is 5.34. The van der Waals surface area contributed by atoms with E-state index in [0.717, 1.165) is 34.7 Å². The molecule has 1 aliphatic carbocycles. The smallest absolute Gasteiger partial charge is 0.131 e. The van der Waals surface area contributed by atoms with Gasteiger partial charge in [0.25, 0.3) is 0 Å². The molecule has 98 valence electrons. The van der Waals surface area contributed by atoms with Crippen LogP contribution in [0.5, 0.6) is 17.2 Å². The summed E-state index contributed by atoms with van der Waals surface area (Å²) in [5.74, 6) is 3.22. The zero-order valence-electron chi connectivity index (χ0n) is 10.6. The van der Waals surface area contributed by atoms with E-state index in [1.54, 1.807) is 0 Å². The molecule has 0 aromatic heterocycles. The summed E-state index contributed by atoms with van der Waals surface area (Å²) in [4.78, 5) is 0.925. The Morgan fingerprint density at radius 2 is 1.68 bits per heavy atom. The van der Waals surface area contributed by atoms with Crippen molar-refractivity contribution in [3.05, 3.63) is 48.5 Å². The fourth-order valence-electron chi connectivity index (χ4n) is 1.78. The molecule has 0 bridgehead atoms. The van der Waals surface area contributed by atoms with E-state index in [4.69, 9.17) is 9.47 Å². The molecule has 2 aromatic rings. The van der Waals surface area contributed by atoms with Crippen LogP contribution in [0.2, 0.25) is 0 Å². The van der Waals surface area contributed by atoms with Gasteiger partial charge in [0.1, 0.15) is 17.2 Å². The number of ether oxygens (including phenoxy) is 2. The summed E-state index contributed by atoms with van der Waals surface area (Å²) in [6.45, 7) is 0.817. The molecule has 0 saturated heterocycles. The topological polar surface area (TPSA) is 18.5 Å². The first-order valence-corrected chi connectivity index (χ1v) is 6.94. The Balaban J connectivity index is 1.66. The Labute approximate surface area is 118 Å². The van der Waals surface area contributed by atoms with Crippen LogP contribution in [0.15, 0.2) is 53.4 Å². The average Bonchev–Trinajstić information content (AvgIpc) is 3.24. The number of hydrogen-bond acceptors (Lipinski definition) is 3. The largest absolute Gasteiger partial charge is 0.493 e. The predicted octanol–water partition coefficient (Wildman–Crippen LogP) is 4.56. The summed E-state index contributed by atoms with van der Waals surface area (Å²) in [6, 6.07) is 15.4. The Hall–Kier alpha value is -1.61. The summed E-state index contributed by atoms with van der Waals surface area (Å²) in [5.41, 5.74) is 0. The average molecular weight is 272 g/mol. The fourth-order valence-corrected chi connectivity index (χ4v) is 1.93. The minimum atomic E-state index is 0.757. The van der Waals surface area contributed by atoms with Crippen molar-refractivity contribution in [2.24, 2.45) is 5.92 Å². The lowest BCUT2D eigenvalue weighted by molar-refractivity contribution is 0.298. The first kappa shape index (κ1) is 12.4. The molecule has 1 aliphatic rings. The highest BCUT2D eigenvalue weighted by molar-refractivity contribution is 7.80. The third-order valence-electron chi connectivity index (χ3n) is 3.06. The third-order valence-corrected chi connectivity index (χ3v) is 3.36. The van der Waals surface area contributed by atoms with E-state index >= 15 is 0 Å². The van der Waals surface area contributed by atoms with Crippen molar-refractivity contribution in [1.29, 1.82) is 0 Å². The van der Waals surface area contributed by atoms with Gasteiger partial charge in [-0.1, -0.05) is 6.07 Å². The molecular weight excluding hydrogens is 256 g/mol. The van der Waals surface area contributed by atoms with E-state index in [1.165, 1.54) is 12.8 Å². The van der Waals surface area contributed by atoms with E-state index in [1.807, 2.05) is 48.5 Å². The van der Waals surface area contributed by atoms with Gasteiger partial charge in [0.2, 0.25) is 0 Å². The molecular formula is C16H16O2S. The normalized spacial score (nSPS) is 14.2. The number of rotatable bonds is 5. The summed E-state index contributed by atoms with van der Waals surface area (Å²) in [6.07, 6.45) is 2.60. The van der Waals surface area contributed by atoms with E-state index in [-0.39, 0.29) is 0 Å². The minimum absolute atomic E-state index is 0.757. The van der Waals surface area contributed by atoms with Crippen LogP contribution in [0.1, 0.15) is 12.8 Å². The second kappa shape index (κ2) is 5.57. The third kappa shape index (κ3) is 3.67. The van der Waals surface area contributed by atoms with Crippen LogP contribution in [0.3, 0.4) is 0 Å². The van der Waals surface area contributed by atoms with Gasteiger partial charge in [-0.05, 0) is 55.2 Å². The van der Waals surface area contributed by atoms with Crippen LogP contribution in [0.4, 0.5) is 0 Å². The van der Waals surface area contributed by atoms with Crippen molar-refractivity contribution >= 4 is 12.6 Å². The Kier molecular flexibility index (Phi) is 3.65. The number of thiol groups is 1. The van der Waals surface area contributed by atoms with Gasteiger partial charge >= 0.3 is 0 Å². The molecule has 2 aromatic carbocycles. The first-order chi connectivity index (χ1) is 9.29. The predicted molar refractivity (Wildman–Crippen MR) is 78.4 cm³/mol. The lowest BCUT2D eigenvalue weighted by Crippen LogP contribution is -1.98. The van der Waals surface area contributed by atoms with Crippen LogP contribution >= 0.6 is 12.6 Å². The standard InChI is InChI=1S/C16H16O2S/c19-16-8-6-13(7-9-16)18-15-3-1-2-14(10-15)17-11-12-4-5-12/h1-3,6-10,12,19H,4-5,11H2. The summed E-state index contributed by atoms with van der Waals surface area (Å²) in [7, 11) is 0. The molecule has 0 aliphatic heterocycles. The van der Waals surface area contributed by atoms with Gasteiger partial charge in [-0.25, -0.2) is 0 Å². The van der Waals surface area contributed by atoms with Gasteiger partial charge in [-0.15, -0.1) is 12.6 Å². The highest BCUT2D eigenvalue weighted by Gasteiger charge is 2.21. The quantitative estimate of drug-likeness (QED) is 0.805. The maximum absolute atomic E-state index is 5.78. The van der Waals surface area contributed by atoms with Gasteiger partial charge in [0, 0.05) is 11.0 Å². The van der Waals surface area contributed by atoms with Gasteiger partial charge in [-0.2, -0.15) is 0 Å². The SMILES string of the molecule is Sc1ccc(Oc2cccc(OCC3CC3)c2)cc1. The Morgan fingerprint density at radius 1 is 0.947 bits per heavy atom. The van der Waals surface area contributed by atoms with E-state index in [2.05, 4.69) is 12.6 Å². The fraction of sp³-hybridized carbons (Fsp3) is 0.250. The Morgan fingerprint density at radius 3 is 2.42 bits per heavy atom. The van der Waals surface area contributed by atoms with Crippen LogP contribution in [-0.2, 0) is 0 Å². The molecule has 1 saturated carbocycles. The molecule has 2 nitrogen and oxygen atoms in total. The van der Waals surface area contributed by atoms with Gasteiger partial charge in [-0.3, -0.25) is 0 Å². The van der Waals surface area contributed by atoms with Crippen molar-refractivity contribution in [2.45, 2.75) is 17.7 Å². The summed E-state index contributed by atoms with van der Waals surface area (Å²) in [5, 5.41) is 0. The zero-order valence-corrected chi connectivity index (χ0v) is 11.5. The van der Waals surface area contributed by atoms with E-state index < -0.39 is 0 Å². The monoisotopic (exact) mass is 272 g/mol. The highest BCUT2D eigenvalue weighted by atomic mass is 32.1. The first-order valence-electron chi connectivity index (χ1n) is 6.49.